The first-order valence-corrected chi connectivity index (χ1v) is 13.1. The number of nitrogens with one attached hydrogen (secondary N) is 2. The Morgan fingerprint density at radius 3 is 2.49 bits per heavy atom. The lowest BCUT2D eigenvalue weighted by Gasteiger charge is -2.34. The van der Waals surface area contributed by atoms with Crippen molar-refractivity contribution in [2.24, 2.45) is 7.05 Å². The number of anilines is 4. The molecule has 0 aliphatic carbocycles. The lowest BCUT2D eigenvalue weighted by Crippen LogP contribution is -2.44. The van der Waals surface area contributed by atoms with E-state index in [-0.39, 0.29) is 22.4 Å². The highest BCUT2D eigenvalue weighted by molar-refractivity contribution is 6.36. The second kappa shape index (κ2) is 10.3. The van der Waals surface area contributed by atoms with E-state index in [4.69, 9.17) is 16.3 Å². The number of pyridine rings is 1. The van der Waals surface area contributed by atoms with Crippen LogP contribution in [0.25, 0.3) is 16.7 Å². The third-order valence-electron chi connectivity index (χ3n) is 7.02. The number of halogens is 4. The number of alkyl halides is 3. The fraction of sp³-hybridized carbons (Fsp3) is 0.308. The van der Waals surface area contributed by atoms with Crippen LogP contribution in [0.5, 0.6) is 11.5 Å². The van der Waals surface area contributed by atoms with Crippen LogP contribution in [0, 0.1) is 0 Å². The normalized spacial score (nSPS) is 14.7. The van der Waals surface area contributed by atoms with Gasteiger partial charge in [0.05, 0.1) is 30.4 Å². The number of hydrogen-bond donors (Lipinski definition) is 2. The molecular formula is C26H26ClF3N10O. The van der Waals surface area contributed by atoms with Gasteiger partial charge < -0.3 is 29.7 Å². The lowest BCUT2D eigenvalue weighted by molar-refractivity contribution is -0.137. The first-order chi connectivity index (χ1) is 19.6. The van der Waals surface area contributed by atoms with Gasteiger partial charge in [0.2, 0.25) is 5.95 Å². The molecule has 11 nitrogen and oxygen atoms in total. The van der Waals surface area contributed by atoms with Gasteiger partial charge in [-0.15, -0.1) is 0 Å². The third-order valence-corrected chi connectivity index (χ3v) is 7.39. The van der Waals surface area contributed by atoms with Gasteiger partial charge in [-0.05, 0) is 25.2 Å². The molecule has 6 rings (SSSR count). The molecule has 15 heteroatoms. The number of rotatable bonds is 6. The smallest absolute Gasteiger partial charge is 0.416 e. The Kier molecular flexibility index (Phi) is 6.74. The molecule has 1 fully saturated rings. The fourth-order valence-corrected chi connectivity index (χ4v) is 5.01. The summed E-state index contributed by atoms with van der Waals surface area (Å²) in [6.07, 6.45) is 1.80. The van der Waals surface area contributed by atoms with Crippen molar-refractivity contribution in [1.29, 1.82) is 0 Å². The van der Waals surface area contributed by atoms with Crippen molar-refractivity contribution in [2.75, 3.05) is 55.8 Å². The minimum atomic E-state index is -4.51. The van der Waals surface area contributed by atoms with E-state index in [1.54, 1.807) is 47.8 Å². The summed E-state index contributed by atoms with van der Waals surface area (Å²) in [5.74, 6) is 1.59. The van der Waals surface area contributed by atoms with Crippen molar-refractivity contribution in [2.45, 2.75) is 6.18 Å². The number of aryl methyl sites for hydroxylation is 1. The Labute approximate surface area is 237 Å². The number of aromatic nitrogens is 6. The third kappa shape index (κ3) is 5.15. The van der Waals surface area contributed by atoms with Crippen LogP contribution in [-0.4, -0.2) is 74.3 Å². The molecule has 0 amide bonds. The molecular weight excluding hydrogens is 561 g/mol. The summed E-state index contributed by atoms with van der Waals surface area (Å²) in [6, 6.07) is 3.95. The van der Waals surface area contributed by atoms with E-state index in [1.165, 1.54) is 12.3 Å². The van der Waals surface area contributed by atoms with Crippen LogP contribution in [0.3, 0.4) is 0 Å². The highest BCUT2D eigenvalue weighted by Gasteiger charge is 2.32. The zero-order chi connectivity index (χ0) is 28.9. The zero-order valence-electron chi connectivity index (χ0n) is 22.4. The number of nitrogens with zero attached hydrogens (tertiary/aromatic N) is 8. The van der Waals surface area contributed by atoms with Gasteiger partial charge in [-0.3, -0.25) is 0 Å². The first-order valence-electron chi connectivity index (χ1n) is 12.7. The summed E-state index contributed by atoms with van der Waals surface area (Å²) in [4.78, 5) is 17.3. The monoisotopic (exact) mass is 586 g/mol. The van der Waals surface area contributed by atoms with E-state index in [9.17, 15) is 13.2 Å². The van der Waals surface area contributed by atoms with E-state index in [0.29, 0.717) is 47.0 Å². The number of ether oxygens (including phenoxy) is 1. The Balaban J connectivity index is 1.32. The highest BCUT2D eigenvalue weighted by atomic mass is 35.5. The molecule has 214 valence electrons. The molecule has 0 bridgehead atoms. The van der Waals surface area contributed by atoms with E-state index in [1.807, 2.05) is 11.9 Å². The molecule has 0 spiro atoms. The Morgan fingerprint density at radius 2 is 1.76 bits per heavy atom. The summed E-state index contributed by atoms with van der Waals surface area (Å²) >= 11 is 6.74. The van der Waals surface area contributed by atoms with Crippen LogP contribution in [0.1, 0.15) is 5.56 Å². The Hall–Kier alpha value is -4.30. The summed E-state index contributed by atoms with van der Waals surface area (Å²) in [5, 5.41) is 10.5. The molecule has 1 aromatic carbocycles. The zero-order valence-corrected chi connectivity index (χ0v) is 23.1. The standard InChI is InChI=1S/C26H26ClF3N10O/c1-31-21-14-40-18(11-32-21)19(13-34-40)41-20-12-33-24-23(22(20)27)38(3)25(36-24)35-16-8-15(26(28,29)30)9-17(10-16)39-6-4-37(2)5-7-39/h8-14,31H,4-7H2,1-3H3,(H,33,35,36). The van der Waals surface area contributed by atoms with E-state index in [2.05, 4.69) is 35.6 Å². The minimum absolute atomic E-state index is 0.236. The summed E-state index contributed by atoms with van der Waals surface area (Å²) < 4.78 is 50.7. The maximum Gasteiger partial charge on any atom is 0.416 e. The second-order valence-corrected chi connectivity index (χ2v) is 10.1. The number of benzene rings is 1. The maximum absolute atomic E-state index is 13.8. The summed E-state index contributed by atoms with van der Waals surface area (Å²) in [7, 11) is 5.45. The van der Waals surface area contributed by atoms with Crippen molar-refractivity contribution in [3.63, 3.8) is 0 Å². The molecule has 0 saturated carbocycles. The Bertz CT molecular complexity index is 1740. The van der Waals surface area contributed by atoms with Gasteiger partial charge in [0, 0.05) is 51.6 Å². The number of hydrogen-bond acceptors (Lipinski definition) is 9. The van der Waals surface area contributed by atoms with Crippen LogP contribution in [0.15, 0.2) is 43.0 Å². The molecule has 4 aromatic heterocycles. The van der Waals surface area contributed by atoms with Crippen molar-refractivity contribution in [3.8, 4) is 11.5 Å². The molecule has 5 aromatic rings. The predicted octanol–water partition coefficient (Wildman–Crippen LogP) is 5.01. The Morgan fingerprint density at radius 1 is 0.976 bits per heavy atom. The average Bonchev–Trinajstić information content (AvgIpc) is 3.50. The number of piperazine rings is 1. The molecule has 0 unspecified atom stereocenters. The molecule has 1 aliphatic heterocycles. The molecule has 1 saturated heterocycles. The quantitative estimate of drug-likeness (QED) is 0.284. The molecule has 0 atom stereocenters. The van der Waals surface area contributed by atoms with Crippen LogP contribution in [0.4, 0.5) is 36.3 Å². The van der Waals surface area contributed by atoms with E-state index in [0.717, 1.165) is 19.2 Å². The molecule has 5 heterocycles. The molecule has 2 N–H and O–H groups in total. The predicted molar refractivity (Wildman–Crippen MR) is 151 cm³/mol. The number of fused-ring (bicyclic) bond motifs is 2. The topological polar surface area (TPSA) is 101 Å². The van der Waals surface area contributed by atoms with Crippen LogP contribution in [0.2, 0.25) is 5.02 Å². The van der Waals surface area contributed by atoms with E-state index >= 15 is 0 Å². The van der Waals surface area contributed by atoms with Crippen molar-refractivity contribution < 1.29 is 17.9 Å². The van der Waals surface area contributed by atoms with Crippen LogP contribution < -0.4 is 20.3 Å². The minimum Gasteiger partial charge on any atom is -0.450 e. The SMILES string of the molecule is CNc1cn2ncc(Oc3cnc4nc(Nc5cc(N6CCN(C)CC6)cc(C(F)(F)F)c5)n(C)c4c3Cl)c2cn1. The van der Waals surface area contributed by atoms with Crippen molar-refractivity contribution in [3.05, 3.63) is 53.6 Å². The molecule has 1 aliphatic rings. The maximum atomic E-state index is 13.8. The van der Waals surface area contributed by atoms with Gasteiger partial charge in [-0.2, -0.15) is 23.3 Å². The van der Waals surface area contributed by atoms with Crippen molar-refractivity contribution >= 4 is 51.4 Å². The largest absolute Gasteiger partial charge is 0.450 e. The number of likely N-dealkylation sites (N-methyl/N-ethyl adjacent to an activating group) is 1. The van der Waals surface area contributed by atoms with Gasteiger partial charge >= 0.3 is 6.18 Å². The molecule has 41 heavy (non-hydrogen) atoms. The fourth-order valence-electron chi connectivity index (χ4n) is 4.71. The number of imidazole rings is 1. The lowest BCUT2D eigenvalue weighted by atomic mass is 10.1. The van der Waals surface area contributed by atoms with E-state index < -0.39 is 11.7 Å². The van der Waals surface area contributed by atoms with Crippen molar-refractivity contribution in [1.82, 2.24) is 34.0 Å². The second-order valence-electron chi connectivity index (χ2n) is 9.75. The van der Waals surface area contributed by atoms with Gasteiger partial charge in [-0.1, -0.05) is 11.6 Å². The van der Waals surface area contributed by atoms with Gasteiger partial charge in [0.15, 0.2) is 17.1 Å². The average molecular weight is 587 g/mol. The summed E-state index contributed by atoms with van der Waals surface area (Å²) in [5.41, 5.74) is 1.37. The molecule has 0 radical (unpaired) electrons. The first kappa shape index (κ1) is 26.9. The van der Waals surface area contributed by atoms with Crippen LogP contribution >= 0.6 is 11.6 Å². The van der Waals surface area contributed by atoms with Gasteiger partial charge in [0.25, 0.3) is 0 Å². The highest BCUT2D eigenvalue weighted by Crippen LogP contribution is 2.38. The summed E-state index contributed by atoms with van der Waals surface area (Å²) in [6.45, 7) is 2.79. The van der Waals surface area contributed by atoms with Gasteiger partial charge in [0.1, 0.15) is 21.9 Å². The van der Waals surface area contributed by atoms with Crippen LogP contribution in [-0.2, 0) is 13.2 Å². The van der Waals surface area contributed by atoms with Gasteiger partial charge in [-0.25, -0.2) is 14.5 Å².